The van der Waals surface area contributed by atoms with Crippen molar-refractivity contribution in [2.75, 3.05) is 33.3 Å². The molecule has 1 saturated heterocycles. The first-order chi connectivity index (χ1) is 11.0. The van der Waals surface area contributed by atoms with Crippen molar-refractivity contribution in [2.45, 2.75) is 18.9 Å². The smallest absolute Gasteiger partial charge is 0.320 e. The second-order valence-corrected chi connectivity index (χ2v) is 6.50. The molecule has 1 unspecified atom stereocenters. The molecular weight excluding hydrogens is 364 g/mol. The zero-order chi connectivity index (χ0) is 16.8. The SMILES string of the molecule is CN(CCOc1ccc(Br)cc1)C(=O)CN1CCCC1C(=O)O. The molecule has 1 aromatic rings. The maximum Gasteiger partial charge on any atom is 0.320 e. The third kappa shape index (κ3) is 5.21. The Balaban J connectivity index is 1.74. The first-order valence-electron chi connectivity index (χ1n) is 7.56. The Morgan fingerprint density at radius 2 is 2.09 bits per heavy atom. The zero-order valence-corrected chi connectivity index (χ0v) is 14.7. The Morgan fingerprint density at radius 1 is 1.39 bits per heavy atom. The average Bonchev–Trinajstić information content (AvgIpc) is 2.97. The monoisotopic (exact) mass is 384 g/mol. The summed E-state index contributed by atoms with van der Waals surface area (Å²) in [5.74, 6) is -0.186. The van der Waals surface area contributed by atoms with Crippen LogP contribution in [0.5, 0.6) is 5.75 Å². The van der Waals surface area contributed by atoms with Crippen LogP contribution in [0.25, 0.3) is 0 Å². The molecule has 1 heterocycles. The van der Waals surface area contributed by atoms with E-state index in [1.54, 1.807) is 16.8 Å². The molecule has 0 radical (unpaired) electrons. The minimum atomic E-state index is -0.850. The summed E-state index contributed by atoms with van der Waals surface area (Å²) in [4.78, 5) is 26.6. The topological polar surface area (TPSA) is 70.1 Å². The van der Waals surface area contributed by atoms with Crippen molar-refractivity contribution in [3.05, 3.63) is 28.7 Å². The van der Waals surface area contributed by atoms with Gasteiger partial charge < -0.3 is 14.7 Å². The van der Waals surface area contributed by atoms with Crippen molar-refractivity contribution in [3.8, 4) is 5.75 Å². The third-order valence-corrected chi connectivity index (χ3v) is 4.45. The lowest BCUT2D eigenvalue weighted by atomic mass is 10.2. The predicted octanol–water partition coefficient (Wildman–Crippen LogP) is 1.84. The Hall–Kier alpha value is -1.60. The van der Waals surface area contributed by atoms with Crippen molar-refractivity contribution in [3.63, 3.8) is 0 Å². The van der Waals surface area contributed by atoms with Gasteiger partial charge in [0.15, 0.2) is 0 Å². The summed E-state index contributed by atoms with van der Waals surface area (Å²) in [6.45, 7) is 1.66. The van der Waals surface area contributed by atoms with E-state index in [1.165, 1.54) is 0 Å². The number of rotatable bonds is 7. The van der Waals surface area contributed by atoms with Crippen molar-refractivity contribution >= 4 is 27.8 Å². The number of halogens is 1. The van der Waals surface area contributed by atoms with Crippen molar-refractivity contribution in [1.29, 1.82) is 0 Å². The van der Waals surface area contributed by atoms with Gasteiger partial charge in [0.05, 0.1) is 13.1 Å². The molecule has 6 nitrogen and oxygen atoms in total. The molecule has 1 amide bonds. The number of benzene rings is 1. The van der Waals surface area contributed by atoms with Crippen LogP contribution in [0.15, 0.2) is 28.7 Å². The highest BCUT2D eigenvalue weighted by Gasteiger charge is 2.32. The molecule has 1 atom stereocenters. The Bertz CT molecular complexity index is 550. The second-order valence-electron chi connectivity index (χ2n) is 5.58. The van der Waals surface area contributed by atoms with E-state index < -0.39 is 12.0 Å². The van der Waals surface area contributed by atoms with Crippen LogP contribution in [-0.2, 0) is 9.59 Å². The van der Waals surface area contributed by atoms with Gasteiger partial charge in [-0.3, -0.25) is 14.5 Å². The van der Waals surface area contributed by atoms with E-state index >= 15 is 0 Å². The van der Waals surface area contributed by atoms with E-state index in [2.05, 4.69) is 15.9 Å². The molecule has 126 valence electrons. The lowest BCUT2D eigenvalue weighted by Gasteiger charge is -2.24. The van der Waals surface area contributed by atoms with E-state index in [-0.39, 0.29) is 12.5 Å². The summed E-state index contributed by atoms with van der Waals surface area (Å²) in [5, 5.41) is 9.13. The lowest BCUT2D eigenvalue weighted by molar-refractivity contribution is -0.143. The summed E-state index contributed by atoms with van der Waals surface area (Å²) < 4.78 is 6.57. The van der Waals surface area contributed by atoms with E-state index in [4.69, 9.17) is 9.84 Å². The number of aliphatic carboxylic acids is 1. The van der Waals surface area contributed by atoms with Crippen LogP contribution in [0.1, 0.15) is 12.8 Å². The molecule has 2 rings (SSSR count). The largest absolute Gasteiger partial charge is 0.492 e. The molecule has 0 aromatic heterocycles. The molecule has 0 bridgehead atoms. The number of ether oxygens (including phenoxy) is 1. The summed E-state index contributed by atoms with van der Waals surface area (Å²) in [7, 11) is 1.71. The van der Waals surface area contributed by atoms with Crippen molar-refractivity contribution < 1.29 is 19.4 Å². The van der Waals surface area contributed by atoms with Gasteiger partial charge in [0.1, 0.15) is 18.4 Å². The van der Waals surface area contributed by atoms with Crippen molar-refractivity contribution in [2.24, 2.45) is 0 Å². The Kier molecular flexibility index (Phi) is 6.41. The van der Waals surface area contributed by atoms with E-state index in [9.17, 15) is 9.59 Å². The van der Waals surface area contributed by atoms with Gasteiger partial charge in [0.2, 0.25) is 5.91 Å². The van der Waals surface area contributed by atoms with Crippen LogP contribution >= 0.6 is 15.9 Å². The molecule has 0 aliphatic carbocycles. The number of carbonyl (C=O) groups is 2. The highest BCUT2D eigenvalue weighted by atomic mass is 79.9. The maximum atomic E-state index is 12.2. The molecule has 7 heteroatoms. The number of likely N-dealkylation sites (N-methyl/N-ethyl adjacent to an activating group) is 1. The van der Waals surface area contributed by atoms with Gasteiger partial charge in [-0.2, -0.15) is 0 Å². The number of hydrogen-bond acceptors (Lipinski definition) is 4. The summed E-state index contributed by atoms with van der Waals surface area (Å²) >= 11 is 3.36. The number of carboxylic acid groups (broad SMARTS) is 1. The normalized spacial score (nSPS) is 17.9. The molecule has 1 aliphatic rings. The number of likely N-dealkylation sites (tertiary alicyclic amines) is 1. The van der Waals surface area contributed by atoms with Crippen molar-refractivity contribution in [1.82, 2.24) is 9.80 Å². The van der Waals surface area contributed by atoms with Gasteiger partial charge in [0.25, 0.3) is 0 Å². The third-order valence-electron chi connectivity index (χ3n) is 3.92. The van der Waals surface area contributed by atoms with Crippen LogP contribution in [-0.4, -0.2) is 66.1 Å². The fraction of sp³-hybridized carbons (Fsp3) is 0.500. The fourth-order valence-electron chi connectivity index (χ4n) is 2.55. The molecule has 1 fully saturated rings. The summed E-state index contributed by atoms with van der Waals surface area (Å²) in [6.07, 6.45) is 1.43. The van der Waals surface area contributed by atoms with Crippen LogP contribution in [0.3, 0.4) is 0 Å². The molecule has 0 spiro atoms. The number of carboxylic acids is 1. The highest BCUT2D eigenvalue weighted by Crippen LogP contribution is 2.17. The van der Waals surface area contributed by atoms with Gasteiger partial charge >= 0.3 is 5.97 Å². The van der Waals surface area contributed by atoms with E-state index in [0.29, 0.717) is 26.1 Å². The van der Waals surface area contributed by atoms with Gasteiger partial charge in [0, 0.05) is 11.5 Å². The van der Waals surface area contributed by atoms with Crippen LogP contribution < -0.4 is 4.74 Å². The van der Waals surface area contributed by atoms with E-state index in [0.717, 1.165) is 16.6 Å². The van der Waals surface area contributed by atoms with Gasteiger partial charge in [-0.25, -0.2) is 0 Å². The number of nitrogens with zero attached hydrogens (tertiary/aromatic N) is 2. The molecule has 1 N–H and O–H groups in total. The number of carbonyl (C=O) groups excluding carboxylic acids is 1. The molecule has 0 saturated carbocycles. The quantitative estimate of drug-likeness (QED) is 0.776. The zero-order valence-electron chi connectivity index (χ0n) is 13.1. The summed E-state index contributed by atoms with van der Waals surface area (Å²) in [6, 6.07) is 6.96. The number of hydrogen-bond donors (Lipinski definition) is 1. The Labute approximate surface area is 144 Å². The van der Waals surface area contributed by atoms with Crippen LogP contribution in [0, 0.1) is 0 Å². The van der Waals surface area contributed by atoms with Crippen LogP contribution in [0.2, 0.25) is 0 Å². The molecule has 1 aromatic carbocycles. The lowest BCUT2D eigenvalue weighted by Crippen LogP contribution is -2.44. The predicted molar refractivity (Wildman–Crippen MR) is 89.5 cm³/mol. The minimum absolute atomic E-state index is 0.0856. The van der Waals surface area contributed by atoms with Gasteiger partial charge in [-0.05, 0) is 43.7 Å². The fourth-order valence-corrected chi connectivity index (χ4v) is 2.81. The van der Waals surface area contributed by atoms with E-state index in [1.807, 2.05) is 24.3 Å². The van der Waals surface area contributed by atoms with Crippen LogP contribution in [0.4, 0.5) is 0 Å². The average molecular weight is 385 g/mol. The van der Waals surface area contributed by atoms with Gasteiger partial charge in [-0.1, -0.05) is 15.9 Å². The molecular formula is C16H21BrN2O4. The number of amides is 1. The summed E-state index contributed by atoms with van der Waals surface area (Å²) in [5.41, 5.74) is 0. The van der Waals surface area contributed by atoms with Gasteiger partial charge in [-0.15, -0.1) is 0 Å². The highest BCUT2D eigenvalue weighted by molar-refractivity contribution is 9.10. The second kappa shape index (κ2) is 8.31. The first kappa shape index (κ1) is 17.7. The first-order valence-corrected chi connectivity index (χ1v) is 8.36. The maximum absolute atomic E-state index is 12.2. The molecule has 1 aliphatic heterocycles. The Morgan fingerprint density at radius 3 is 2.74 bits per heavy atom. The minimum Gasteiger partial charge on any atom is -0.492 e. The molecule has 23 heavy (non-hydrogen) atoms. The standard InChI is InChI=1S/C16H21BrN2O4/c1-18(9-10-23-13-6-4-12(17)5-7-13)15(20)11-19-8-2-3-14(19)16(21)22/h4-7,14H,2-3,8-11H2,1H3,(H,21,22).